The maximum Gasteiger partial charge on any atom is 0.237 e. The molecule has 0 radical (unpaired) electrons. The first-order valence-corrected chi connectivity index (χ1v) is 7.64. The van der Waals surface area contributed by atoms with Gasteiger partial charge >= 0.3 is 0 Å². The molecule has 0 saturated carbocycles. The van der Waals surface area contributed by atoms with Crippen LogP contribution in [-0.4, -0.2) is 47.6 Å². The van der Waals surface area contributed by atoms with Crippen LogP contribution < -0.4 is 11.1 Å². The van der Waals surface area contributed by atoms with E-state index in [-0.39, 0.29) is 17.7 Å². The molecule has 0 bridgehead atoms. The van der Waals surface area contributed by atoms with E-state index in [1.54, 1.807) is 24.3 Å². The van der Waals surface area contributed by atoms with Gasteiger partial charge in [-0.3, -0.25) is 4.79 Å². The number of piperidine rings is 1. The van der Waals surface area contributed by atoms with E-state index in [1.165, 1.54) is 0 Å². The van der Waals surface area contributed by atoms with Crippen molar-refractivity contribution in [2.24, 2.45) is 5.73 Å². The van der Waals surface area contributed by atoms with E-state index in [4.69, 9.17) is 5.73 Å². The number of aromatic hydroxyl groups is 1. The van der Waals surface area contributed by atoms with Gasteiger partial charge in [0.1, 0.15) is 5.75 Å². The van der Waals surface area contributed by atoms with Crippen LogP contribution in [0.4, 0.5) is 0 Å². The molecule has 1 fully saturated rings. The molecule has 21 heavy (non-hydrogen) atoms. The molecule has 1 aromatic rings. The largest absolute Gasteiger partial charge is 0.508 e. The van der Waals surface area contributed by atoms with E-state index >= 15 is 0 Å². The van der Waals surface area contributed by atoms with Crippen LogP contribution in [0.15, 0.2) is 24.3 Å². The molecule has 4 N–H and O–H groups in total. The number of benzene rings is 1. The molecule has 1 aliphatic rings. The van der Waals surface area contributed by atoms with Crippen molar-refractivity contribution in [1.29, 1.82) is 0 Å². The van der Waals surface area contributed by atoms with Crippen LogP contribution in [0.25, 0.3) is 0 Å². The van der Waals surface area contributed by atoms with Crippen LogP contribution >= 0.6 is 0 Å². The molecule has 1 aliphatic heterocycles. The third kappa shape index (κ3) is 4.72. The van der Waals surface area contributed by atoms with Gasteiger partial charge in [0, 0.05) is 19.1 Å². The number of hydrogen-bond acceptors (Lipinski definition) is 4. The summed E-state index contributed by atoms with van der Waals surface area (Å²) in [4.78, 5) is 14.5. The Balaban J connectivity index is 1.78. The number of nitrogens with two attached hydrogens (primary N) is 1. The van der Waals surface area contributed by atoms with Gasteiger partial charge in [-0.15, -0.1) is 0 Å². The van der Waals surface area contributed by atoms with Crippen molar-refractivity contribution in [3.63, 3.8) is 0 Å². The Morgan fingerprint density at radius 3 is 2.57 bits per heavy atom. The molecule has 1 saturated heterocycles. The van der Waals surface area contributed by atoms with Crippen LogP contribution in [0.3, 0.4) is 0 Å². The molecule has 0 aliphatic carbocycles. The predicted octanol–water partition coefficient (Wildman–Crippen LogP) is 0.863. The number of amides is 1. The van der Waals surface area contributed by atoms with Gasteiger partial charge in [0.15, 0.2) is 0 Å². The third-order valence-corrected chi connectivity index (χ3v) is 4.11. The van der Waals surface area contributed by atoms with E-state index in [9.17, 15) is 9.90 Å². The summed E-state index contributed by atoms with van der Waals surface area (Å²) in [6, 6.07) is 6.51. The second kappa shape index (κ2) is 7.43. The third-order valence-electron chi connectivity index (χ3n) is 4.11. The van der Waals surface area contributed by atoms with Crippen molar-refractivity contribution >= 4 is 5.91 Å². The van der Waals surface area contributed by atoms with Crippen LogP contribution in [0, 0.1) is 0 Å². The number of nitrogens with zero attached hydrogens (tertiary/aromatic N) is 1. The number of nitrogens with one attached hydrogen (secondary N) is 1. The lowest BCUT2D eigenvalue weighted by atomic mass is 10.0. The number of carbonyl (C=O) groups is 1. The minimum atomic E-state index is -0.543. The molecule has 1 aromatic carbocycles. The molecule has 5 nitrogen and oxygen atoms in total. The Morgan fingerprint density at radius 1 is 1.38 bits per heavy atom. The molecule has 0 unspecified atom stereocenters. The fourth-order valence-corrected chi connectivity index (χ4v) is 2.68. The summed E-state index contributed by atoms with van der Waals surface area (Å²) >= 11 is 0. The minimum Gasteiger partial charge on any atom is -0.508 e. The summed E-state index contributed by atoms with van der Waals surface area (Å²) in [5, 5.41) is 12.3. The number of carbonyl (C=O) groups excluding carboxylic acids is 1. The molecule has 116 valence electrons. The molecular formula is C16H25N3O2. The maximum absolute atomic E-state index is 12.1. The smallest absolute Gasteiger partial charge is 0.237 e. The topological polar surface area (TPSA) is 78.6 Å². The monoisotopic (exact) mass is 291 g/mol. The predicted molar refractivity (Wildman–Crippen MR) is 83.1 cm³/mol. The second-order valence-corrected chi connectivity index (χ2v) is 5.69. The van der Waals surface area contributed by atoms with Crippen LogP contribution in [0.2, 0.25) is 0 Å². The summed E-state index contributed by atoms with van der Waals surface area (Å²) in [6.07, 6.45) is 2.47. The Kier molecular flexibility index (Phi) is 5.59. The normalized spacial score (nSPS) is 18.4. The van der Waals surface area contributed by atoms with Gasteiger partial charge in [-0.2, -0.15) is 0 Å². The van der Waals surface area contributed by atoms with Crippen molar-refractivity contribution in [1.82, 2.24) is 10.2 Å². The first kappa shape index (κ1) is 15.8. The van der Waals surface area contributed by atoms with Gasteiger partial charge in [0.2, 0.25) is 5.91 Å². The summed E-state index contributed by atoms with van der Waals surface area (Å²) in [7, 11) is 0. The maximum atomic E-state index is 12.1. The van der Waals surface area contributed by atoms with Crippen molar-refractivity contribution in [2.45, 2.75) is 38.3 Å². The standard InChI is InChI=1S/C16H25N3O2/c1-2-19-9-7-13(8-10-19)18-16(21)15(17)11-12-3-5-14(20)6-4-12/h3-6,13,15,20H,2,7-11,17H2,1H3,(H,18,21)/t15-/m0/s1. The molecule has 0 aromatic heterocycles. The quantitative estimate of drug-likeness (QED) is 0.752. The second-order valence-electron chi connectivity index (χ2n) is 5.69. The number of hydrogen-bond donors (Lipinski definition) is 3. The Morgan fingerprint density at radius 2 is 2.00 bits per heavy atom. The lowest BCUT2D eigenvalue weighted by Gasteiger charge is -2.32. The minimum absolute atomic E-state index is 0.0852. The van der Waals surface area contributed by atoms with Gasteiger partial charge < -0.3 is 21.1 Å². The summed E-state index contributed by atoms with van der Waals surface area (Å²) in [6.45, 7) is 5.30. The Labute approximate surface area is 126 Å². The lowest BCUT2D eigenvalue weighted by Crippen LogP contribution is -2.50. The van der Waals surface area contributed by atoms with Gasteiger partial charge in [-0.1, -0.05) is 19.1 Å². The Hall–Kier alpha value is -1.59. The highest BCUT2D eigenvalue weighted by Crippen LogP contribution is 2.12. The molecule has 0 spiro atoms. The summed E-state index contributed by atoms with van der Waals surface area (Å²) < 4.78 is 0. The number of rotatable bonds is 5. The van der Waals surface area contributed by atoms with E-state index in [2.05, 4.69) is 17.1 Å². The van der Waals surface area contributed by atoms with Crippen LogP contribution in [-0.2, 0) is 11.2 Å². The van der Waals surface area contributed by atoms with E-state index in [1.807, 2.05) is 0 Å². The first-order valence-electron chi connectivity index (χ1n) is 7.64. The number of phenolic OH excluding ortho intramolecular Hbond substituents is 1. The molecule has 1 amide bonds. The zero-order valence-corrected chi connectivity index (χ0v) is 12.6. The highest BCUT2D eigenvalue weighted by atomic mass is 16.3. The zero-order chi connectivity index (χ0) is 15.2. The summed E-state index contributed by atoms with van der Waals surface area (Å²) in [5.41, 5.74) is 6.93. The molecule has 1 atom stereocenters. The first-order chi connectivity index (χ1) is 10.1. The van der Waals surface area contributed by atoms with Crippen LogP contribution in [0.1, 0.15) is 25.3 Å². The zero-order valence-electron chi connectivity index (χ0n) is 12.6. The van der Waals surface area contributed by atoms with Crippen molar-refractivity contribution < 1.29 is 9.90 Å². The van der Waals surface area contributed by atoms with Crippen molar-refractivity contribution in [2.75, 3.05) is 19.6 Å². The van der Waals surface area contributed by atoms with Gasteiger partial charge in [0.05, 0.1) is 6.04 Å². The van der Waals surface area contributed by atoms with E-state index < -0.39 is 6.04 Å². The van der Waals surface area contributed by atoms with Gasteiger partial charge in [-0.25, -0.2) is 0 Å². The molecule has 1 heterocycles. The molecule has 5 heteroatoms. The SMILES string of the molecule is CCN1CCC(NC(=O)[C@@H](N)Cc2ccc(O)cc2)CC1. The Bertz CT molecular complexity index is 453. The van der Waals surface area contributed by atoms with Crippen molar-refractivity contribution in [3.8, 4) is 5.75 Å². The van der Waals surface area contributed by atoms with E-state index in [0.29, 0.717) is 6.42 Å². The van der Waals surface area contributed by atoms with E-state index in [0.717, 1.165) is 38.0 Å². The molecular weight excluding hydrogens is 266 g/mol. The fraction of sp³-hybridized carbons (Fsp3) is 0.562. The number of likely N-dealkylation sites (tertiary alicyclic amines) is 1. The lowest BCUT2D eigenvalue weighted by molar-refractivity contribution is -0.123. The van der Waals surface area contributed by atoms with Gasteiger partial charge in [0.25, 0.3) is 0 Å². The van der Waals surface area contributed by atoms with Crippen LogP contribution in [0.5, 0.6) is 5.75 Å². The highest BCUT2D eigenvalue weighted by Gasteiger charge is 2.22. The average molecular weight is 291 g/mol. The fourth-order valence-electron chi connectivity index (χ4n) is 2.68. The van der Waals surface area contributed by atoms with Gasteiger partial charge in [-0.05, 0) is 43.5 Å². The molecule has 2 rings (SSSR count). The van der Waals surface area contributed by atoms with Crippen molar-refractivity contribution in [3.05, 3.63) is 29.8 Å². The highest BCUT2D eigenvalue weighted by molar-refractivity contribution is 5.82. The average Bonchev–Trinajstić information content (AvgIpc) is 2.50. The number of phenols is 1. The summed E-state index contributed by atoms with van der Waals surface area (Å²) in [5.74, 6) is 0.137.